The molecule has 1 unspecified atom stereocenters. The standard InChI is InChI=1S/C15H16O5/c1-3-11(10-8-6-5-7-9-10)12(16)13(17)14(18)15(19)20-4-2/h5-9,11H,3-4H2,1-2H3. The highest BCUT2D eigenvalue weighted by atomic mass is 16.5. The Bertz CT molecular complexity index is 518. The van der Waals surface area contributed by atoms with Crippen molar-refractivity contribution in [2.24, 2.45) is 0 Å². The minimum absolute atomic E-state index is 0.0259. The van der Waals surface area contributed by atoms with Crippen LogP contribution >= 0.6 is 0 Å². The van der Waals surface area contributed by atoms with Crippen molar-refractivity contribution in [3.05, 3.63) is 35.9 Å². The molecule has 0 bridgehead atoms. The zero-order chi connectivity index (χ0) is 15.1. The Balaban J connectivity index is 2.90. The normalized spacial score (nSPS) is 11.5. The van der Waals surface area contributed by atoms with Crippen molar-refractivity contribution in [3.8, 4) is 0 Å². The molecule has 0 spiro atoms. The van der Waals surface area contributed by atoms with E-state index in [0.717, 1.165) is 0 Å². The van der Waals surface area contributed by atoms with E-state index in [4.69, 9.17) is 0 Å². The molecule has 0 N–H and O–H groups in total. The van der Waals surface area contributed by atoms with E-state index in [1.807, 2.05) is 0 Å². The van der Waals surface area contributed by atoms with Gasteiger partial charge < -0.3 is 4.74 Å². The van der Waals surface area contributed by atoms with Gasteiger partial charge >= 0.3 is 11.8 Å². The lowest BCUT2D eigenvalue weighted by Crippen LogP contribution is -2.34. The predicted octanol–water partition coefficient (Wildman–Crippen LogP) is 1.45. The van der Waals surface area contributed by atoms with Gasteiger partial charge in [-0.15, -0.1) is 0 Å². The van der Waals surface area contributed by atoms with Crippen LogP contribution in [0.15, 0.2) is 30.3 Å². The maximum atomic E-state index is 12.0. The molecule has 0 aliphatic heterocycles. The Morgan fingerprint density at radius 2 is 1.60 bits per heavy atom. The van der Waals surface area contributed by atoms with Gasteiger partial charge in [0.05, 0.1) is 12.5 Å². The molecule has 1 aromatic rings. The number of ether oxygens (including phenoxy) is 1. The van der Waals surface area contributed by atoms with Gasteiger partial charge in [-0.2, -0.15) is 0 Å². The van der Waals surface area contributed by atoms with E-state index in [2.05, 4.69) is 4.74 Å². The van der Waals surface area contributed by atoms with Gasteiger partial charge in [0.15, 0.2) is 0 Å². The van der Waals surface area contributed by atoms with E-state index in [1.54, 1.807) is 37.3 Å². The van der Waals surface area contributed by atoms with Gasteiger partial charge in [0.2, 0.25) is 5.78 Å². The molecule has 0 radical (unpaired) electrons. The second kappa shape index (κ2) is 7.33. The number of hydrogen-bond donors (Lipinski definition) is 0. The Morgan fingerprint density at radius 1 is 1.00 bits per heavy atom. The fraction of sp³-hybridized carbons (Fsp3) is 0.333. The molecular weight excluding hydrogens is 260 g/mol. The van der Waals surface area contributed by atoms with Gasteiger partial charge in [-0.05, 0) is 18.9 Å². The predicted molar refractivity (Wildman–Crippen MR) is 71.1 cm³/mol. The average molecular weight is 276 g/mol. The highest BCUT2D eigenvalue weighted by molar-refractivity contribution is 6.77. The molecule has 0 aliphatic rings. The third kappa shape index (κ3) is 3.60. The highest BCUT2D eigenvalue weighted by Gasteiger charge is 2.34. The van der Waals surface area contributed by atoms with Gasteiger partial charge in [-0.1, -0.05) is 37.3 Å². The lowest BCUT2D eigenvalue weighted by atomic mass is 9.89. The largest absolute Gasteiger partial charge is 0.460 e. The number of carbonyl (C=O) groups is 4. The minimum atomic E-state index is -1.41. The van der Waals surface area contributed by atoms with Gasteiger partial charge in [0.25, 0.3) is 5.78 Å². The molecule has 0 amide bonds. The summed E-state index contributed by atoms with van der Waals surface area (Å²) >= 11 is 0. The number of Topliss-reactive ketones (excluding diaryl/α,β-unsaturated/α-hetero) is 3. The van der Waals surface area contributed by atoms with Crippen LogP contribution in [0.2, 0.25) is 0 Å². The minimum Gasteiger partial charge on any atom is -0.460 e. The monoisotopic (exact) mass is 276 g/mol. The van der Waals surface area contributed by atoms with Crippen molar-refractivity contribution in [3.63, 3.8) is 0 Å². The Kier molecular flexibility index (Phi) is 5.77. The molecule has 1 aromatic carbocycles. The number of esters is 1. The second-order valence-electron chi connectivity index (χ2n) is 4.11. The zero-order valence-electron chi connectivity index (χ0n) is 11.4. The van der Waals surface area contributed by atoms with Crippen LogP contribution in [0.5, 0.6) is 0 Å². The fourth-order valence-corrected chi connectivity index (χ4v) is 1.82. The summed E-state index contributed by atoms with van der Waals surface area (Å²) in [4.78, 5) is 46.5. The maximum absolute atomic E-state index is 12.0. The van der Waals surface area contributed by atoms with E-state index in [9.17, 15) is 19.2 Å². The molecule has 5 nitrogen and oxygen atoms in total. The van der Waals surface area contributed by atoms with Crippen LogP contribution in [0.4, 0.5) is 0 Å². The van der Waals surface area contributed by atoms with Gasteiger partial charge in [-0.25, -0.2) is 4.79 Å². The van der Waals surface area contributed by atoms with Crippen LogP contribution in [0.1, 0.15) is 31.7 Å². The van der Waals surface area contributed by atoms with Crippen molar-refractivity contribution in [1.82, 2.24) is 0 Å². The number of carbonyl (C=O) groups excluding carboxylic acids is 4. The van der Waals surface area contributed by atoms with Crippen LogP contribution in [-0.4, -0.2) is 29.9 Å². The molecule has 1 atom stereocenters. The van der Waals surface area contributed by atoms with E-state index >= 15 is 0 Å². The molecule has 0 aliphatic carbocycles. The topological polar surface area (TPSA) is 77.5 Å². The number of hydrogen-bond acceptors (Lipinski definition) is 5. The summed E-state index contributed by atoms with van der Waals surface area (Å²) in [5, 5.41) is 0. The quantitative estimate of drug-likeness (QED) is 0.428. The lowest BCUT2D eigenvalue weighted by Gasteiger charge is -2.12. The molecule has 5 heteroatoms. The molecule has 1 rings (SSSR count). The van der Waals surface area contributed by atoms with Crippen LogP contribution in [0.25, 0.3) is 0 Å². The molecule has 0 heterocycles. The number of ketones is 3. The maximum Gasteiger partial charge on any atom is 0.383 e. The Labute approximate surface area is 116 Å². The van der Waals surface area contributed by atoms with Gasteiger partial charge in [-0.3, -0.25) is 14.4 Å². The summed E-state index contributed by atoms with van der Waals surface area (Å²) in [7, 11) is 0. The summed E-state index contributed by atoms with van der Waals surface area (Å²) in [5.74, 6) is -5.61. The average Bonchev–Trinajstić information content (AvgIpc) is 2.47. The summed E-state index contributed by atoms with van der Waals surface area (Å²) in [5.41, 5.74) is 0.644. The fourth-order valence-electron chi connectivity index (χ4n) is 1.82. The summed E-state index contributed by atoms with van der Waals surface area (Å²) in [6, 6.07) is 8.67. The van der Waals surface area contributed by atoms with Crippen molar-refractivity contribution >= 4 is 23.3 Å². The molecule has 20 heavy (non-hydrogen) atoms. The first-order valence-electron chi connectivity index (χ1n) is 6.37. The van der Waals surface area contributed by atoms with Crippen LogP contribution in [-0.2, 0) is 23.9 Å². The Morgan fingerprint density at radius 3 is 2.10 bits per heavy atom. The van der Waals surface area contributed by atoms with Crippen LogP contribution in [0, 0.1) is 0 Å². The van der Waals surface area contributed by atoms with E-state index in [1.165, 1.54) is 6.92 Å². The van der Waals surface area contributed by atoms with Crippen molar-refractivity contribution in [1.29, 1.82) is 0 Å². The smallest absolute Gasteiger partial charge is 0.383 e. The first kappa shape index (κ1) is 15.8. The lowest BCUT2D eigenvalue weighted by molar-refractivity contribution is -0.158. The first-order valence-corrected chi connectivity index (χ1v) is 6.37. The number of rotatable bonds is 7. The highest BCUT2D eigenvalue weighted by Crippen LogP contribution is 2.20. The first-order chi connectivity index (χ1) is 9.52. The molecule has 0 fully saturated rings. The second-order valence-corrected chi connectivity index (χ2v) is 4.11. The van der Waals surface area contributed by atoms with E-state index in [-0.39, 0.29) is 6.61 Å². The molecular formula is C15H16O5. The zero-order valence-corrected chi connectivity index (χ0v) is 11.4. The van der Waals surface area contributed by atoms with Crippen molar-refractivity contribution in [2.75, 3.05) is 6.61 Å². The number of benzene rings is 1. The van der Waals surface area contributed by atoms with Crippen molar-refractivity contribution < 1.29 is 23.9 Å². The van der Waals surface area contributed by atoms with Gasteiger partial charge in [0, 0.05) is 0 Å². The van der Waals surface area contributed by atoms with Gasteiger partial charge in [0.1, 0.15) is 0 Å². The van der Waals surface area contributed by atoms with Crippen LogP contribution in [0.3, 0.4) is 0 Å². The summed E-state index contributed by atoms with van der Waals surface area (Å²) in [6.07, 6.45) is 0.366. The van der Waals surface area contributed by atoms with Crippen molar-refractivity contribution in [2.45, 2.75) is 26.2 Å². The SMILES string of the molecule is CCOC(=O)C(=O)C(=O)C(=O)C(CC)c1ccccc1. The molecule has 0 saturated heterocycles. The molecule has 106 valence electrons. The Hall–Kier alpha value is -2.30. The third-order valence-corrected chi connectivity index (χ3v) is 2.82. The van der Waals surface area contributed by atoms with Crippen LogP contribution < -0.4 is 0 Å². The molecule has 0 saturated carbocycles. The molecule has 0 aromatic heterocycles. The van der Waals surface area contributed by atoms with E-state index < -0.39 is 29.2 Å². The summed E-state index contributed by atoms with van der Waals surface area (Å²) < 4.78 is 4.43. The van der Waals surface area contributed by atoms with E-state index in [0.29, 0.717) is 12.0 Å². The third-order valence-electron chi connectivity index (χ3n) is 2.82. The summed E-state index contributed by atoms with van der Waals surface area (Å²) in [6.45, 7) is 3.22.